The maximum Gasteiger partial charge on any atom is 0.254 e. The summed E-state index contributed by atoms with van der Waals surface area (Å²) >= 11 is 1.73. The summed E-state index contributed by atoms with van der Waals surface area (Å²) in [5.41, 5.74) is 0.730. The maximum absolute atomic E-state index is 12.9. The first-order valence-corrected chi connectivity index (χ1v) is 9.88. The van der Waals surface area contributed by atoms with Crippen molar-refractivity contribution in [3.8, 4) is 5.75 Å². The van der Waals surface area contributed by atoms with E-state index in [1.807, 2.05) is 29.2 Å². The maximum atomic E-state index is 12.9. The molecule has 0 radical (unpaired) electrons. The van der Waals surface area contributed by atoms with E-state index in [-0.39, 0.29) is 18.1 Å². The molecule has 2 aliphatic rings. The van der Waals surface area contributed by atoms with Gasteiger partial charge in [-0.25, -0.2) is 0 Å². The van der Waals surface area contributed by atoms with Crippen LogP contribution in [0.25, 0.3) is 0 Å². The number of ether oxygens (including phenoxy) is 2. The fourth-order valence-corrected chi connectivity index (χ4v) is 4.48. The van der Waals surface area contributed by atoms with Crippen LogP contribution in [0.4, 0.5) is 0 Å². The number of amides is 1. The first-order valence-electron chi connectivity index (χ1n) is 9.00. The highest BCUT2D eigenvalue weighted by Gasteiger charge is 2.31. The Kier molecular flexibility index (Phi) is 5.04. The highest BCUT2D eigenvalue weighted by Crippen LogP contribution is 2.35. The second-order valence-corrected chi connectivity index (χ2v) is 7.62. The van der Waals surface area contributed by atoms with E-state index < -0.39 is 0 Å². The summed E-state index contributed by atoms with van der Waals surface area (Å²) in [5, 5.41) is 2.08. The van der Waals surface area contributed by atoms with Gasteiger partial charge in [0.1, 0.15) is 12.4 Å². The molecule has 2 saturated heterocycles. The van der Waals surface area contributed by atoms with Crippen LogP contribution in [0.3, 0.4) is 0 Å². The van der Waals surface area contributed by atoms with Gasteiger partial charge in [0.05, 0.1) is 12.1 Å². The van der Waals surface area contributed by atoms with Gasteiger partial charge in [0, 0.05) is 23.6 Å². The van der Waals surface area contributed by atoms with E-state index in [9.17, 15) is 4.79 Å². The van der Waals surface area contributed by atoms with E-state index in [1.165, 1.54) is 4.88 Å². The van der Waals surface area contributed by atoms with Crippen molar-refractivity contribution in [1.29, 1.82) is 0 Å². The average Bonchev–Trinajstić information content (AvgIpc) is 3.41. The van der Waals surface area contributed by atoms with Gasteiger partial charge in [0.25, 0.3) is 5.91 Å². The van der Waals surface area contributed by atoms with Gasteiger partial charge in [-0.15, -0.1) is 11.3 Å². The summed E-state index contributed by atoms with van der Waals surface area (Å²) < 4.78 is 11.3. The van der Waals surface area contributed by atoms with Crippen LogP contribution in [0.15, 0.2) is 41.8 Å². The third-order valence-electron chi connectivity index (χ3n) is 4.95. The Morgan fingerprint density at radius 2 is 2.08 bits per heavy atom. The monoisotopic (exact) mass is 357 g/mol. The van der Waals surface area contributed by atoms with Gasteiger partial charge >= 0.3 is 0 Å². The Morgan fingerprint density at radius 1 is 1.20 bits per heavy atom. The topological polar surface area (TPSA) is 38.8 Å². The molecule has 132 valence electrons. The first kappa shape index (κ1) is 16.6. The number of rotatable bonds is 5. The smallest absolute Gasteiger partial charge is 0.254 e. The van der Waals surface area contributed by atoms with Crippen LogP contribution in [0.2, 0.25) is 0 Å². The van der Waals surface area contributed by atoms with Gasteiger partial charge in [0.15, 0.2) is 0 Å². The van der Waals surface area contributed by atoms with Crippen LogP contribution in [0.1, 0.15) is 47.0 Å². The molecule has 2 atom stereocenters. The summed E-state index contributed by atoms with van der Waals surface area (Å²) in [7, 11) is 0. The van der Waals surface area contributed by atoms with Crippen LogP contribution in [-0.4, -0.2) is 36.7 Å². The number of benzene rings is 1. The predicted molar refractivity (Wildman–Crippen MR) is 98.2 cm³/mol. The molecule has 0 unspecified atom stereocenters. The molecule has 1 amide bonds. The van der Waals surface area contributed by atoms with Crippen LogP contribution in [0, 0.1) is 0 Å². The zero-order valence-electron chi connectivity index (χ0n) is 14.2. The molecule has 1 aromatic heterocycles. The van der Waals surface area contributed by atoms with Crippen LogP contribution in [0.5, 0.6) is 5.75 Å². The molecule has 2 aliphatic heterocycles. The van der Waals surface area contributed by atoms with Crippen molar-refractivity contribution < 1.29 is 14.3 Å². The number of hydrogen-bond acceptors (Lipinski definition) is 4. The molecule has 4 nitrogen and oxygen atoms in total. The molecule has 0 saturated carbocycles. The van der Waals surface area contributed by atoms with Gasteiger partial charge in [-0.1, -0.05) is 6.07 Å². The lowest BCUT2D eigenvalue weighted by Crippen LogP contribution is -2.30. The molecular formula is C20H23NO3S. The average molecular weight is 357 g/mol. The van der Waals surface area contributed by atoms with Crippen molar-refractivity contribution in [2.45, 2.75) is 37.8 Å². The summed E-state index contributed by atoms with van der Waals surface area (Å²) in [6, 6.07) is 11.9. The lowest BCUT2D eigenvalue weighted by atomic mass is 10.1. The summed E-state index contributed by atoms with van der Waals surface area (Å²) in [4.78, 5) is 16.2. The standard InChI is InChI=1S/C20H23NO3S/c22-20(21-11-1-5-18(21)19-6-3-13-25-19)15-7-9-16(10-8-15)24-14-17-4-2-12-23-17/h3,6-10,13,17-18H,1-2,4-5,11-12,14H2/t17-,18-/m0/s1. The molecule has 3 heterocycles. The largest absolute Gasteiger partial charge is 0.491 e. The molecule has 0 bridgehead atoms. The third kappa shape index (κ3) is 3.72. The Balaban J connectivity index is 1.39. The molecule has 0 aliphatic carbocycles. The molecule has 25 heavy (non-hydrogen) atoms. The number of hydrogen-bond donors (Lipinski definition) is 0. The lowest BCUT2D eigenvalue weighted by molar-refractivity contribution is 0.0678. The molecule has 1 aromatic carbocycles. The van der Waals surface area contributed by atoms with Crippen LogP contribution in [-0.2, 0) is 4.74 Å². The van der Waals surface area contributed by atoms with Crippen LogP contribution >= 0.6 is 11.3 Å². The number of carbonyl (C=O) groups is 1. The second kappa shape index (κ2) is 7.58. The molecular weight excluding hydrogens is 334 g/mol. The predicted octanol–water partition coefficient (Wildman–Crippen LogP) is 4.28. The van der Waals surface area contributed by atoms with Crippen LogP contribution < -0.4 is 4.74 Å². The van der Waals surface area contributed by atoms with Crippen molar-refractivity contribution in [2.75, 3.05) is 19.8 Å². The number of thiophene rings is 1. The van der Waals surface area contributed by atoms with E-state index in [2.05, 4.69) is 17.5 Å². The Bertz CT molecular complexity index is 692. The quantitative estimate of drug-likeness (QED) is 0.801. The molecule has 0 spiro atoms. The Labute approximate surface area is 152 Å². The molecule has 0 N–H and O–H groups in total. The van der Waals surface area contributed by atoms with E-state index in [4.69, 9.17) is 9.47 Å². The van der Waals surface area contributed by atoms with Gasteiger partial charge in [-0.3, -0.25) is 4.79 Å². The van der Waals surface area contributed by atoms with E-state index in [0.29, 0.717) is 6.61 Å². The van der Waals surface area contributed by atoms with E-state index in [0.717, 1.165) is 50.1 Å². The lowest BCUT2D eigenvalue weighted by Gasteiger charge is -2.24. The Morgan fingerprint density at radius 3 is 2.80 bits per heavy atom. The van der Waals surface area contributed by atoms with Crippen molar-refractivity contribution in [3.63, 3.8) is 0 Å². The van der Waals surface area contributed by atoms with Gasteiger partial charge in [0.2, 0.25) is 0 Å². The Hall–Kier alpha value is -1.85. The van der Waals surface area contributed by atoms with Crippen molar-refractivity contribution in [2.24, 2.45) is 0 Å². The number of carbonyl (C=O) groups excluding carboxylic acids is 1. The van der Waals surface area contributed by atoms with Gasteiger partial charge in [-0.05, 0) is 61.4 Å². The van der Waals surface area contributed by atoms with Gasteiger partial charge < -0.3 is 14.4 Å². The molecule has 4 rings (SSSR count). The third-order valence-corrected chi connectivity index (χ3v) is 5.92. The number of nitrogens with zero attached hydrogens (tertiary/aromatic N) is 1. The minimum absolute atomic E-state index is 0.113. The van der Waals surface area contributed by atoms with E-state index >= 15 is 0 Å². The first-order chi connectivity index (χ1) is 12.3. The van der Waals surface area contributed by atoms with Crippen molar-refractivity contribution in [3.05, 3.63) is 52.2 Å². The molecule has 2 aromatic rings. The normalized spacial score (nSPS) is 23.1. The fourth-order valence-electron chi connectivity index (χ4n) is 3.61. The fraction of sp³-hybridized carbons (Fsp3) is 0.450. The highest BCUT2D eigenvalue weighted by atomic mass is 32.1. The second-order valence-electron chi connectivity index (χ2n) is 6.64. The molecule has 2 fully saturated rings. The van der Waals surface area contributed by atoms with Gasteiger partial charge in [-0.2, -0.15) is 0 Å². The summed E-state index contributed by atoms with van der Waals surface area (Å²) in [6.45, 7) is 2.25. The minimum atomic E-state index is 0.113. The number of likely N-dealkylation sites (tertiary alicyclic amines) is 1. The van der Waals surface area contributed by atoms with E-state index in [1.54, 1.807) is 11.3 Å². The summed E-state index contributed by atoms with van der Waals surface area (Å²) in [5.74, 6) is 0.907. The van der Waals surface area contributed by atoms with Crippen molar-refractivity contribution in [1.82, 2.24) is 4.90 Å². The molecule has 5 heteroatoms. The zero-order valence-corrected chi connectivity index (χ0v) is 15.0. The zero-order chi connectivity index (χ0) is 17.1. The summed E-state index contributed by atoms with van der Waals surface area (Å²) in [6.07, 6.45) is 4.50. The highest BCUT2D eigenvalue weighted by molar-refractivity contribution is 7.10. The van der Waals surface area contributed by atoms with Crippen molar-refractivity contribution >= 4 is 17.2 Å². The SMILES string of the molecule is O=C(c1ccc(OC[C@@H]2CCCO2)cc1)N1CCC[C@H]1c1cccs1. The minimum Gasteiger partial charge on any atom is -0.491 e.